The van der Waals surface area contributed by atoms with E-state index in [2.05, 4.69) is 10.3 Å². The number of aromatic nitrogens is 1. The minimum absolute atomic E-state index is 0.613. The molecule has 1 aromatic heterocycles. The number of H-pyrrole nitrogens is 1. The number of benzene rings is 1. The molecule has 0 amide bonds. The van der Waals surface area contributed by atoms with Gasteiger partial charge < -0.3 is 15.0 Å². The Labute approximate surface area is 99.4 Å². The topological polar surface area (TPSA) is 37.0 Å². The smallest absolute Gasteiger partial charge is 0.160 e. The fourth-order valence-corrected chi connectivity index (χ4v) is 1.77. The summed E-state index contributed by atoms with van der Waals surface area (Å²) in [5, 5.41) is 3.89. The monoisotopic (exact) mass is 236 g/mol. The highest BCUT2D eigenvalue weighted by Gasteiger charge is 2.06. The predicted octanol–water partition coefficient (Wildman–Crippen LogP) is 3.29. The number of hydrogen-bond donors (Lipinski definition) is 2. The van der Waals surface area contributed by atoms with Crippen LogP contribution in [-0.2, 0) is 6.54 Å². The molecule has 0 saturated heterocycles. The van der Waals surface area contributed by atoms with Crippen molar-refractivity contribution in [1.82, 2.24) is 4.98 Å². The summed E-state index contributed by atoms with van der Waals surface area (Å²) < 4.78 is 5.24. The molecule has 0 atom stereocenters. The van der Waals surface area contributed by atoms with Crippen molar-refractivity contribution in [3.05, 3.63) is 47.2 Å². The van der Waals surface area contributed by atoms with Crippen molar-refractivity contribution in [2.45, 2.75) is 6.54 Å². The van der Waals surface area contributed by atoms with Crippen LogP contribution in [0.4, 0.5) is 5.69 Å². The van der Waals surface area contributed by atoms with Crippen LogP contribution in [0.5, 0.6) is 5.75 Å². The Morgan fingerprint density at radius 3 is 2.94 bits per heavy atom. The third kappa shape index (κ3) is 2.31. The van der Waals surface area contributed by atoms with Crippen molar-refractivity contribution in [2.75, 3.05) is 12.4 Å². The fourth-order valence-electron chi connectivity index (χ4n) is 1.52. The van der Waals surface area contributed by atoms with E-state index >= 15 is 0 Å². The van der Waals surface area contributed by atoms with Crippen LogP contribution in [0.1, 0.15) is 5.56 Å². The molecule has 1 aromatic carbocycles. The van der Waals surface area contributed by atoms with Gasteiger partial charge in [-0.2, -0.15) is 0 Å². The van der Waals surface area contributed by atoms with Gasteiger partial charge in [0.05, 0.1) is 17.8 Å². The zero-order valence-electron chi connectivity index (χ0n) is 8.96. The molecule has 4 heteroatoms. The number of ether oxygens (including phenoxy) is 1. The Morgan fingerprint density at radius 1 is 1.38 bits per heavy atom. The molecular formula is C12H13ClN2O. The highest BCUT2D eigenvalue weighted by molar-refractivity contribution is 6.32. The van der Waals surface area contributed by atoms with Crippen molar-refractivity contribution in [1.29, 1.82) is 0 Å². The molecular weight excluding hydrogens is 224 g/mol. The first-order valence-corrected chi connectivity index (χ1v) is 5.37. The molecule has 1 heterocycles. The van der Waals surface area contributed by atoms with Crippen molar-refractivity contribution in [3.63, 3.8) is 0 Å². The van der Waals surface area contributed by atoms with E-state index in [1.54, 1.807) is 7.11 Å². The lowest BCUT2D eigenvalue weighted by Crippen LogP contribution is -2.00. The molecule has 0 saturated carbocycles. The van der Waals surface area contributed by atoms with E-state index in [9.17, 15) is 0 Å². The number of nitrogens with one attached hydrogen (secondary N) is 2. The lowest BCUT2D eigenvalue weighted by Gasteiger charge is -2.11. The summed E-state index contributed by atoms with van der Waals surface area (Å²) in [6.45, 7) is 0.736. The second kappa shape index (κ2) is 4.94. The molecule has 2 aromatic rings. The molecule has 0 aliphatic heterocycles. The van der Waals surface area contributed by atoms with Gasteiger partial charge in [0, 0.05) is 18.9 Å². The van der Waals surface area contributed by atoms with Gasteiger partial charge in [0.2, 0.25) is 0 Å². The molecule has 16 heavy (non-hydrogen) atoms. The molecule has 0 aliphatic carbocycles. The van der Waals surface area contributed by atoms with Crippen LogP contribution in [0.25, 0.3) is 0 Å². The van der Waals surface area contributed by atoms with Gasteiger partial charge in [0.25, 0.3) is 0 Å². The van der Waals surface area contributed by atoms with Crippen LogP contribution in [0.3, 0.4) is 0 Å². The van der Waals surface area contributed by atoms with Crippen LogP contribution in [0, 0.1) is 0 Å². The van der Waals surface area contributed by atoms with E-state index < -0.39 is 0 Å². The van der Waals surface area contributed by atoms with Crippen LogP contribution in [0.15, 0.2) is 36.7 Å². The molecule has 84 valence electrons. The molecule has 0 radical (unpaired) electrons. The van der Waals surface area contributed by atoms with Crippen molar-refractivity contribution < 1.29 is 4.74 Å². The summed E-state index contributed by atoms with van der Waals surface area (Å²) in [5.74, 6) is 0.680. The van der Waals surface area contributed by atoms with E-state index in [1.165, 1.54) is 5.56 Å². The van der Waals surface area contributed by atoms with Gasteiger partial charge in [-0.15, -0.1) is 0 Å². The SMILES string of the molecule is COc1c(Cl)cccc1NCc1cc[nH]c1. The summed E-state index contributed by atoms with van der Waals surface area (Å²) in [6.07, 6.45) is 3.84. The first kappa shape index (κ1) is 10.9. The maximum atomic E-state index is 6.02. The lowest BCUT2D eigenvalue weighted by molar-refractivity contribution is 0.416. The molecule has 0 spiro atoms. The number of rotatable bonds is 4. The minimum atomic E-state index is 0.613. The second-order valence-corrected chi connectivity index (χ2v) is 3.80. The van der Waals surface area contributed by atoms with E-state index in [0.29, 0.717) is 10.8 Å². The lowest BCUT2D eigenvalue weighted by atomic mass is 10.2. The van der Waals surface area contributed by atoms with Crippen LogP contribution in [0.2, 0.25) is 5.02 Å². The Bertz CT molecular complexity index is 454. The van der Waals surface area contributed by atoms with Gasteiger partial charge in [-0.3, -0.25) is 0 Å². The number of methoxy groups -OCH3 is 1. The van der Waals surface area contributed by atoms with E-state index in [1.807, 2.05) is 36.7 Å². The number of para-hydroxylation sites is 1. The molecule has 3 nitrogen and oxygen atoms in total. The van der Waals surface area contributed by atoms with Crippen molar-refractivity contribution in [3.8, 4) is 5.75 Å². The molecule has 0 aliphatic rings. The highest BCUT2D eigenvalue weighted by Crippen LogP contribution is 2.32. The average Bonchev–Trinajstić information content (AvgIpc) is 2.79. The molecule has 0 bridgehead atoms. The van der Waals surface area contributed by atoms with Gasteiger partial charge >= 0.3 is 0 Å². The standard InChI is InChI=1S/C12H13ClN2O/c1-16-12-10(13)3-2-4-11(12)15-8-9-5-6-14-7-9/h2-7,14-15H,8H2,1H3. The quantitative estimate of drug-likeness (QED) is 0.855. The Morgan fingerprint density at radius 2 is 2.25 bits per heavy atom. The molecule has 2 rings (SSSR count). The van der Waals surface area contributed by atoms with Gasteiger partial charge in [0.15, 0.2) is 5.75 Å². The first-order valence-electron chi connectivity index (χ1n) is 4.99. The molecule has 0 fully saturated rings. The Hall–Kier alpha value is -1.61. The van der Waals surface area contributed by atoms with Gasteiger partial charge in [-0.25, -0.2) is 0 Å². The molecule has 0 unspecified atom stereocenters. The van der Waals surface area contributed by atoms with Crippen LogP contribution < -0.4 is 10.1 Å². The van der Waals surface area contributed by atoms with E-state index in [0.717, 1.165) is 12.2 Å². The summed E-state index contributed by atoms with van der Waals surface area (Å²) in [7, 11) is 1.61. The predicted molar refractivity (Wildman–Crippen MR) is 66.1 cm³/mol. The van der Waals surface area contributed by atoms with E-state index in [-0.39, 0.29) is 0 Å². The van der Waals surface area contributed by atoms with E-state index in [4.69, 9.17) is 16.3 Å². The van der Waals surface area contributed by atoms with Gasteiger partial charge in [0.1, 0.15) is 0 Å². The van der Waals surface area contributed by atoms with Crippen LogP contribution >= 0.6 is 11.6 Å². The first-order chi connectivity index (χ1) is 7.81. The largest absolute Gasteiger partial charge is 0.493 e. The maximum absolute atomic E-state index is 6.02. The highest BCUT2D eigenvalue weighted by atomic mass is 35.5. The number of halogens is 1. The number of aromatic amines is 1. The van der Waals surface area contributed by atoms with Crippen molar-refractivity contribution >= 4 is 17.3 Å². The second-order valence-electron chi connectivity index (χ2n) is 3.39. The molecule has 2 N–H and O–H groups in total. The minimum Gasteiger partial charge on any atom is -0.493 e. The average molecular weight is 237 g/mol. The summed E-state index contributed by atoms with van der Waals surface area (Å²) >= 11 is 6.02. The Balaban J connectivity index is 2.12. The summed E-state index contributed by atoms with van der Waals surface area (Å²) in [5.41, 5.74) is 2.08. The fraction of sp³-hybridized carbons (Fsp3) is 0.167. The maximum Gasteiger partial charge on any atom is 0.160 e. The van der Waals surface area contributed by atoms with Gasteiger partial charge in [-0.1, -0.05) is 17.7 Å². The zero-order valence-corrected chi connectivity index (χ0v) is 9.71. The normalized spacial score (nSPS) is 10.1. The third-order valence-corrected chi connectivity index (χ3v) is 2.61. The third-order valence-electron chi connectivity index (χ3n) is 2.32. The Kier molecular flexibility index (Phi) is 3.37. The number of hydrogen-bond acceptors (Lipinski definition) is 2. The van der Waals surface area contributed by atoms with Gasteiger partial charge in [-0.05, 0) is 23.8 Å². The zero-order chi connectivity index (χ0) is 11.4. The summed E-state index contributed by atoms with van der Waals surface area (Å²) in [4.78, 5) is 3.01. The van der Waals surface area contributed by atoms with Crippen molar-refractivity contribution in [2.24, 2.45) is 0 Å². The number of anilines is 1. The summed E-state index contributed by atoms with van der Waals surface area (Å²) in [6, 6.07) is 7.66. The van der Waals surface area contributed by atoms with Crippen LogP contribution in [-0.4, -0.2) is 12.1 Å².